The second-order valence-electron chi connectivity index (χ2n) is 5.53. The van der Waals surface area contributed by atoms with Crippen LogP contribution in [0.3, 0.4) is 0 Å². The smallest absolute Gasteiger partial charge is 0.326 e. The number of carboxylic acid groups (broad SMARTS) is 1. The molecule has 0 bridgehead atoms. The number of nitrogens with zero attached hydrogens (tertiary/aromatic N) is 1. The number of nitrogens with one attached hydrogen (secondary N) is 2. The molecule has 1 aliphatic rings. The van der Waals surface area contributed by atoms with Crippen molar-refractivity contribution in [2.45, 2.75) is 39.3 Å². The van der Waals surface area contributed by atoms with Crippen LogP contribution in [0.1, 0.15) is 27.7 Å². The van der Waals surface area contributed by atoms with E-state index in [1.54, 1.807) is 13.8 Å². The van der Waals surface area contributed by atoms with E-state index in [2.05, 4.69) is 10.6 Å². The van der Waals surface area contributed by atoms with E-state index in [-0.39, 0.29) is 12.5 Å². The van der Waals surface area contributed by atoms with E-state index in [0.29, 0.717) is 0 Å². The lowest BCUT2D eigenvalue weighted by molar-refractivity contribution is -0.143. The largest absolute Gasteiger partial charge is 0.480 e. The zero-order valence-electron chi connectivity index (χ0n) is 11.9. The van der Waals surface area contributed by atoms with Crippen molar-refractivity contribution in [1.29, 1.82) is 0 Å². The Morgan fingerprint density at radius 3 is 2.25 bits per heavy atom. The molecule has 3 N–H and O–H groups in total. The van der Waals surface area contributed by atoms with Crippen molar-refractivity contribution >= 4 is 23.8 Å². The summed E-state index contributed by atoms with van der Waals surface area (Å²) in [5.74, 6) is -2.55. The van der Waals surface area contributed by atoms with Crippen molar-refractivity contribution in [2.75, 3.05) is 6.54 Å². The molecule has 1 heterocycles. The fourth-order valence-electron chi connectivity index (χ4n) is 1.84. The first kappa shape index (κ1) is 15.9. The van der Waals surface area contributed by atoms with E-state index < -0.39 is 35.4 Å². The van der Waals surface area contributed by atoms with E-state index >= 15 is 0 Å². The summed E-state index contributed by atoms with van der Waals surface area (Å²) in [5, 5.41) is 13.4. The lowest BCUT2D eigenvalue weighted by Crippen LogP contribution is -2.52. The zero-order chi connectivity index (χ0) is 15.7. The monoisotopic (exact) mass is 285 g/mol. The second-order valence-corrected chi connectivity index (χ2v) is 5.53. The number of aliphatic carboxylic acids is 1. The summed E-state index contributed by atoms with van der Waals surface area (Å²) in [4.78, 5) is 47.0. The van der Waals surface area contributed by atoms with Gasteiger partial charge in [0.1, 0.15) is 18.1 Å². The molecule has 1 fully saturated rings. The highest BCUT2D eigenvalue weighted by molar-refractivity contribution is 6.07. The molecule has 0 saturated carbocycles. The van der Waals surface area contributed by atoms with Gasteiger partial charge in [0.25, 0.3) is 5.91 Å². The Hall–Kier alpha value is -2.12. The normalized spacial score (nSPS) is 18.9. The predicted octanol–water partition coefficient (Wildman–Crippen LogP) is -0.458. The third-order valence-corrected chi connectivity index (χ3v) is 3.25. The summed E-state index contributed by atoms with van der Waals surface area (Å²) in [5.41, 5.74) is -1.13. The van der Waals surface area contributed by atoms with Crippen LogP contribution in [0.2, 0.25) is 0 Å². The number of urea groups is 1. The van der Waals surface area contributed by atoms with Crippen molar-refractivity contribution < 1.29 is 24.3 Å². The van der Waals surface area contributed by atoms with E-state index in [9.17, 15) is 19.2 Å². The summed E-state index contributed by atoms with van der Waals surface area (Å²) in [6.07, 6.45) is 0. The van der Waals surface area contributed by atoms with Gasteiger partial charge in [0.05, 0.1) is 0 Å². The molecule has 1 saturated heterocycles. The average molecular weight is 285 g/mol. The maximum atomic E-state index is 11.9. The Bertz CT molecular complexity index is 458. The number of carbonyl (C=O) groups is 4. The Balaban J connectivity index is 2.74. The van der Waals surface area contributed by atoms with E-state index in [1.807, 2.05) is 0 Å². The highest BCUT2D eigenvalue weighted by Crippen LogP contribution is 2.20. The van der Waals surface area contributed by atoms with Crippen LogP contribution in [0.5, 0.6) is 0 Å². The molecule has 1 atom stereocenters. The van der Waals surface area contributed by atoms with Crippen molar-refractivity contribution in [1.82, 2.24) is 15.5 Å². The highest BCUT2D eigenvalue weighted by Gasteiger charge is 2.46. The summed E-state index contributed by atoms with van der Waals surface area (Å²) in [7, 11) is 0. The molecule has 0 aromatic rings. The van der Waals surface area contributed by atoms with Gasteiger partial charge < -0.3 is 15.3 Å². The molecule has 1 rings (SSSR count). The minimum Gasteiger partial charge on any atom is -0.480 e. The summed E-state index contributed by atoms with van der Waals surface area (Å²) < 4.78 is 0. The maximum Gasteiger partial charge on any atom is 0.326 e. The Morgan fingerprint density at radius 1 is 1.35 bits per heavy atom. The van der Waals surface area contributed by atoms with Crippen molar-refractivity contribution in [2.24, 2.45) is 5.92 Å². The van der Waals surface area contributed by atoms with Gasteiger partial charge in [-0.3, -0.25) is 14.9 Å². The number of amides is 4. The number of rotatable bonds is 5. The van der Waals surface area contributed by atoms with Gasteiger partial charge >= 0.3 is 12.0 Å². The Morgan fingerprint density at radius 2 is 1.90 bits per heavy atom. The van der Waals surface area contributed by atoms with Gasteiger partial charge in [-0.25, -0.2) is 9.59 Å². The molecule has 0 aliphatic carbocycles. The molecule has 0 spiro atoms. The van der Waals surface area contributed by atoms with Gasteiger partial charge in [0.2, 0.25) is 5.91 Å². The SMILES string of the molecule is CC(C)[C@@H](NC(=O)CN1C(=O)NC(=O)C1(C)C)C(=O)O. The van der Waals surface area contributed by atoms with E-state index in [1.165, 1.54) is 13.8 Å². The third kappa shape index (κ3) is 3.06. The average Bonchev–Trinajstić information content (AvgIpc) is 2.48. The van der Waals surface area contributed by atoms with Crippen LogP contribution >= 0.6 is 0 Å². The lowest BCUT2D eigenvalue weighted by atomic mass is 10.0. The Kier molecular flexibility index (Phi) is 4.36. The first-order chi connectivity index (χ1) is 9.07. The van der Waals surface area contributed by atoms with Gasteiger partial charge in [0, 0.05) is 0 Å². The van der Waals surface area contributed by atoms with E-state index in [0.717, 1.165) is 4.90 Å². The number of hydrogen-bond acceptors (Lipinski definition) is 4. The fourth-order valence-corrected chi connectivity index (χ4v) is 1.84. The topological polar surface area (TPSA) is 116 Å². The van der Waals surface area contributed by atoms with Crippen molar-refractivity contribution in [3.63, 3.8) is 0 Å². The first-order valence-electron chi connectivity index (χ1n) is 6.22. The third-order valence-electron chi connectivity index (χ3n) is 3.25. The molecule has 0 radical (unpaired) electrons. The zero-order valence-corrected chi connectivity index (χ0v) is 11.9. The number of hydrogen-bond donors (Lipinski definition) is 3. The number of carboxylic acids is 1. The van der Waals surface area contributed by atoms with Crippen molar-refractivity contribution in [3.8, 4) is 0 Å². The van der Waals surface area contributed by atoms with Crippen LogP contribution in [0, 0.1) is 5.92 Å². The molecular weight excluding hydrogens is 266 g/mol. The van der Waals surface area contributed by atoms with Crippen LogP contribution in [0.4, 0.5) is 4.79 Å². The van der Waals surface area contributed by atoms with Gasteiger partial charge in [-0.05, 0) is 19.8 Å². The molecular formula is C12H19N3O5. The van der Waals surface area contributed by atoms with Crippen LogP contribution in [-0.2, 0) is 14.4 Å². The summed E-state index contributed by atoms with van der Waals surface area (Å²) in [6, 6.07) is -1.70. The van der Waals surface area contributed by atoms with Gasteiger partial charge in [-0.1, -0.05) is 13.8 Å². The highest BCUT2D eigenvalue weighted by atomic mass is 16.4. The molecule has 0 aromatic carbocycles. The molecule has 8 heteroatoms. The number of imide groups is 1. The molecule has 4 amide bonds. The minimum absolute atomic E-state index is 0.293. The Labute approximate surface area is 116 Å². The molecule has 1 aliphatic heterocycles. The standard InChI is InChI=1S/C12H19N3O5/c1-6(2)8(9(17)18)13-7(16)5-15-11(20)14-10(19)12(15,3)4/h6,8H,5H2,1-4H3,(H,13,16)(H,17,18)(H,14,19,20)/t8-/m1/s1. The van der Waals surface area contributed by atoms with Gasteiger partial charge in [-0.15, -0.1) is 0 Å². The fraction of sp³-hybridized carbons (Fsp3) is 0.667. The maximum absolute atomic E-state index is 11.9. The van der Waals surface area contributed by atoms with Crippen LogP contribution in [0.25, 0.3) is 0 Å². The molecule has 112 valence electrons. The molecule has 8 nitrogen and oxygen atoms in total. The quantitative estimate of drug-likeness (QED) is 0.591. The summed E-state index contributed by atoms with van der Waals surface area (Å²) >= 11 is 0. The van der Waals surface area contributed by atoms with Crippen LogP contribution in [-0.4, -0.2) is 51.9 Å². The molecule has 0 aromatic heterocycles. The van der Waals surface area contributed by atoms with Gasteiger partial charge in [0.15, 0.2) is 0 Å². The minimum atomic E-state index is -1.14. The van der Waals surface area contributed by atoms with E-state index in [4.69, 9.17) is 5.11 Å². The second kappa shape index (κ2) is 5.48. The van der Waals surface area contributed by atoms with Gasteiger partial charge in [-0.2, -0.15) is 0 Å². The molecule has 20 heavy (non-hydrogen) atoms. The lowest BCUT2D eigenvalue weighted by Gasteiger charge is -2.28. The molecule has 0 unspecified atom stereocenters. The number of carbonyl (C=O) groups excluding carboxylic acids is 3. The first-order valence-corrected chi connectivity index (χ1v) is 6.22. The van der Waals surface area contributed by atoms with Crippen LogP contribution in [0.15, 0.2) is 0 Å². The van der Waals surface area contributed by atoms with Crippen LogP contribution < -0.4 is 10.6 Å². The van der Waals surface area contributed by atoms with Crippen molar-refractivity contribution in [3.05, 3.63) is 0 Å². The summed E-state index contributed by atoms with van der Waals surface area (Å²) in [6.45, 7) is 5.97. The predicted molar refractivity (Wildman–Crippen MR) is 68.7 cm³/mol.